The van der Waals surface area contributed by atoms with Crippen LogP contribution in [-0.2, 0) is 16.1 Å². The van der Waals surface area contributed by atoms with Crippen LogP contribution in [0.15, 0.2) is 23.4 Å². The lowest BCUT2D eigenvalue weighted by Crippen LogP contribution is -2.38. The number of rotatable bonds is 6. The number of ether oxygens (including phenoxy) is 1. The topological polar surface area (TPSA) is 72.3 Å². The van der Waals surface area contributed by atoms with Gasteiger partial charge in [0, 0.05) is 30.3 Å². The highest BCUT2D eigenvalue weighted by Crippen LogP contribution is 2.25. The quantitative estimate of drug-likeness (QED) is 0.758. The molecule has 1 N–H and O–H groups in total. The molecule has 1 aromatic heterocycles. The number of thioether (sulfide) groups is 1. The van der Waals surface area contributed by atoms with Gasteiger partial charge >= 0.3 is 0 Å². The van der Waals surface area contributed by atoms with E-state index in [0.717, 1.165) is 42.0 Å². The van der Waals surface area contributed by atoms with Gasteiger partial charge in [0.05, 0.1) is 19.0 Å². The number of amides is 1. The maximum absolute atomic E-state index is 12.3. The molecule has 0 spiro atoms. The maximum atomic E-state index is 12.3. The van der Waals surface area contributed by atoms with Crippen molar-refractivity contribution in [3.8, 4) is 0 Å². The molecule has 1 aliphatic rings. The fourth-order valence-electron chi connectivity index (χ4n) is 2.72. The van der Waals surface area contributed by atoms with Gasteiger partial charge in [-0.1, -0.05) is 29.4 Å². The summed E-state index contributed by atoms with van der Waals surface area (Å²) in [6.45, 7) is 7.67. The second-order valence-corrected chi connectivity index (χ2v) is 7.23. The number of morpholine rings is 1. The van der Waals surface area contributed by atoms with Gasteiger partial charge in [-0.15, -0.1) is 10.2 Å². The first-order valence-corrected chi connectivity index (χ1v) is 9.90. The fourth-order valence-corrected chi connectivity index (χ4v) is 3.69. The Labute approximate surface area is 162 Å². The van der Waals surface area contributed by atoms with Crippen molar-refractivity contribution in [2.45, 2.75) is 25.5 Å². The number of benzene rings is 1. The molecule has 140 valence electrons. The molecule has 3 rings (SSSR count). The maximum Gasteiger partial charge on any atom is 0.234 e. The van der Waals surface area contributed by atoms with Crippen LogP contribution in [0.5, 0.6) is 0 Å². The Morgan fingerprint density at radius 1 is 1.35 bits per heavy atom. The highest BCUT2D eigenvalue weighted by Gasteiger charge is 2.20. The molecule has 0 aliphatic carbocycles. The summed E-state index contributed by atoms with van der Waals surface area (Å²) in [6, 6.07) is 5.47. The van der Waals surface area contributed by atoms with Crippen molar-refractivity contribution in [3.63, 3.8) is 0 Å². The van der Waals surface area contributed by atoms with Gasteiger partial charge in [-0.25, -0.2) is 0 Å². The van der Waals surface area contributed by atoms with Gasteiger partial charge in [0.1, 0.15) is 0 Å². The van der Waals surface area contributed by atoms with Crippen molar-refractivity contribution in [2.75, 3.05) is 42.3 Å². The van der Waals surface area contributed by atoms with Crippen LogP contribution in [0.3, 0.4) is 0 Å². The van der Waals surface area contributed by atoms with Gasteiger partial charge in [-0.3, -0.25) is 9.36 Å². The number of aromatic nitrogens is 3. The fraction of sp³-hybridized carbons (Fsp3) is 0.471. The van der Waals surface area contributed by atoms with E-state index in [4.69, 9.17) is 16.3 Å². The van der Waals surface area contributed by atoms with E-state index in [0.29, 0.717) is 18.2 Å². The van der Waals surface area contributed by atoms with Crippen LogP contribution in [0.4, 0.5) is 11.6 Å². The predicted molar refractivity (Wildman–Crippen MR) is 104 cm³/mol. The Balaban J connectivity index is 1.63. The third-order valence-corrected chi connectivity index (χ3v) is 5.56. The van der Waals surface area contributed by atoms with Gasteiger partial charge < -0.3 is 15.0 Å². The Morgan fingerprint density at radius 3 is 2.85 bits per heavy atom. The number of hydrogen-bond donors (Lipinski definition) is 1. The Hall–Kier alpha value is -1.77. The smallest absolute Gasteiger partial charge is 0.234 e. The highest BCUT2D eigenvalue weighted by molar-refractivity contribution is 7.99. The number of anilines is 2. The molecule has 1 aromatic carbocycles. The van der Waals surface area contributed by atoms with Crippen LogP contribution in [0.25, 0.3) is 0 Å². The summed E-state index contributed by atoms with van der Waals surface area (Å²) in [5.74, 6) is 0.996. The minimum Gasteiger partial charge on any atom is -0.378 e. The summed E-state index contributed by atoms with van der Waals surface area (Å²) < 4.78 is 7.42. The zero-order chi connectivity index (χ0) is 18.5. The molecule has 1 fully saturated rings. The molecule has 2 heterocycles. The molecule has 0 saturated carbocycles. The second kappa shape index (κ2) is 8.75. The molecule has 0 bridgehead atoms. The molecule has 1 aliphatic heterocycles. The summed E-state index contributed by atoms with van der Waals surface area (Å²) in [5.41, 5.74) is 1.59. The number of nitrogens with one attached hydrogen (secondary N) is 1. The number of carbonyl (C=O) groups is 1. The largest absolute Gasteiger partial charge is 0.378 e. The Bertz CT molecular complexity index is 777. The van der Waals surface area contributed by atoms with Crippen molar-refractivity contribution in [3.05, 3.63) is 28.8 Å². The third kappa shape index (κ3) is 4.31. The monoisotopic (exact) mass is 395 g/mol. The van der Waals surface area contributed by atoms with Gasteiger partial charge in [0.15, 0.2) is 5.16 Å². The van der Waals surface area contributed by atoms with Crippen LogP contribution in [0.1, 0.15) is 12.5 Å². The molecule has 0 unspecified atom stereocenters. The van der Waals surface area contributed by atoms with E-state index in [1.165, 1.54) is 11.8 Å². The van der Waals surface area contributed by atoms with Crippen LogP contribution in [0, 0.1) is 6.92 Å². The van der Waals surface area contributed by atoms with Crippen molar-refractivity contribution in [1.29, 1.82) is 0 Å². The Kier molecular flexibility index (Phi) is 6.39. The molecular formula is C17H22ClN5O2S. The summed E-state index contributed by atoms with van der Waals surface area (Å²) in [7, 11) is 0. The average molecular weight is 396 g/mol. The first kappa shape index (κ1) is 19.0. The van der Waals surface area contributed by atoms with E-state index in [2.05, 4.69) is 20.4 Å². The van der Waals surface area contributed by atoms with Crippen LogP contribution in [0.2, 0.25) is 5.02 Å². The molecule has 1 saturated heterocycles. The Morgan fingerprint density at radius 2 is 2.12 bits per heavy atom. The van der Waals surface area contributed by atoms with Gasteiger partial charge in [-0.2, -0.15) is 0 Å². The second-order valence-electron chi connectivity index (χ2n) is 5.88. The normalized spacial score (nSPS) is 14.5. The van der Waals surface area contributed by atoms with Gasteiger partial charge in [-0.05, 0) is 31.5 Å². The third-order valence-electron chi connectivity index (χ3n) is 4.18. The minimum absolute atomic E-state index is 0.0982. The zero-order valence-corrected chi connectivity index (χ0v) is 16.4. The molecule has 2 aromatic rings. The van der Waals surface area contributed by atoms with E-state index in [1.54, 1.807) is 6.07 Å². The number of hydrogen-bond acceptors (Lipinski definition) is 6. The van der Waals surface area contributed by atoms with E-state index >= 15 is 0 Å². The van der Waals surface area contributed by atoms with Crippen molar-refractivity contribution in [2.24, 2.45) is 0 Å². The molecule has 26 heavy (non-hydrogen) atoms. The van der Waals surface area contributed by atoms with Gasteiger partial charge in [0.25, 0.3) is 0 Å². The lowest BCUT2D eigenvalue weighted by Gasteiger charge is -2.27. The molecular weight excluding hydrogens is 374 g/mol. The molecule has 7 nitrogen and oxygen atoms in total. The van der Waals surface area contributed by atoms with E-state index in [1.807, 2.05) is 30.5 Å². The highest BCUT2D eigenvalue weighted by atomic mass is 35.5. The average Bonchev–Trinajstić information content (AvgIpc) is 3.07. The van der Waals surface area contributed by atoms with E-state index in [-0.39, 0.29) is 11.7 Å². The van der Waals surface area contributed by atoms with Crippen LogP contribution < -0.4 is 10.2 Å². The summed E-state index contributed by atoms with van der Waals surface area (Å²) in [6.07, 6.45) is 0. The van der Waals surface area contributed by atoms with Crippen molar-refractivity contribution >= 4 is 40.9 Å². The standard InChI is InChI=1S/C17H22ClN5O2S/c1-3-23-16(22-7-9-25-10-8-22)20-21-17(23)26-11-15(24)19-14-6-4-5-13(18)12(14)2/h4-6H,3,7-11H2,1-2H3,(H,19,24). The molecule has 1 amide bonds. The van der Waals surface area contributed by atoms with Crippen LogP contribution >= 0.6 is 23.4 Å². The first-order valence-electron chi connectivity index (χ1n) is 8.53. The number of halogens is 1. The first-order chi connectivity index (χ1) is 12.6. The lowest BCUT2D eigenvalue weighted by atomic mass is 10.2. The SMILES string of the molecule is CCn1c(SCC(=O)Nc2cccc(Cl)c2C)nnc1N1CCOCC1. The van der Waals surface area contributed by atoms with E-state index < -0.39 is 0 Å². The van der Waals surface area contributed by atoms with E-state index in [9.17, 15) is 4.79 Å². The summed E-state index contributed by atoms with van der Waals surface area (Å²) >= 11 is 7.47. The minimum atomic E-state index is -0.0982. The predicted octanol–water partition coefficient (Wildman–Crippen LogP) is 2.83. The molecule has 0 radical (unpaired) electrons. The number of nitrogens with zero attached hydrogens (tertiary/aromatic N) is 4. The van der Waals surface area contributed by atoms with Crippen LogP contribution in [-0.4, -0.2) is 52.7 Å². The lowest BCUT2D eigenvalue weighted by molar-refractivity contribution is -0.113. The van der Waals surface area contributed by atoms with Crippen molar-refractivity contribution in [1.82, 2.24) is 14.8 Å². The summed E-state index contributed by atoms with van der Waals surface area (Å²) in [4.78, 5) is 14.5. The van der Waals surface area contributed by atoms with Gasteiger partial charge in [0.2, 0.25) is 11.9 Å². The zero-order valence-electron chi connectivity index (χ0n) is 14.9. The number of carbonyl (C=O) groups excluding carboxylic acids is 1. The molecule has 9 heteroatoms. The summed E-state index contributed by atoms with van der Waals surface area (Å²) in [5, 5.41) is 12.9. The molecule has 0 atom stereocenters. The van der Waals surface area contributed by atoms with Crippen molar-refractivity contribution < 1.29 is 9.53 Å².